The molecule has 4 nitrogen and oxygen atoms in total. The molecule has 0 radical (unpaired) electrons. The molecule has 17 heavy (non-hydrogen) atoms. The van der Waals surface area contributed by atoms with E-state index in [0.29, 0.717) is 12.4 Å². The third-order valence-corrected chi connectivity index (χ3v) is 3.21. The van der Waals surface area contributed by atoms with Gasteiger partial charge >= 0.3 is 0 Å². The summed E-state index contributed by atoms with van der Waals surface area (Å²) in [6.07, 6.45) is 1.63. The van der Waals surface area contributed by atoms with Gasteiger partial charge in [-0.15, -0.1) is 11.3 Å². The number of methoxy groups -OCH3 is 1. The van der Waals surface area contributed by atoms with E-state index in [0.717, 1.165) is 23.4 Å². The lowest BCUT2D eigenvalue weighted by molar-refractivity contribution is 0.195. The number of H-pyrrole nitrogens is 1. The first kappa shape index (κ1) is 12.0. The first-order valence-electron chi connectivity index (χ1n) is 5.42. The van der Waals surface area contributed by atoms with Crippen molar-refractivity contribution in [2.45, 2.75) is 12.8 Å². The molecular formula is C12H14N2O2S. The topological polar surface area (TPSA) is 55.0 Å². The van der Waals surface area contributed by atoms with Crippen LogP contribution in [0.5, 0.6) is 0 Å². The van der Waals surface area contributed by atoms with Crippen LogP contribution in [-0.2, 0) is 11.2 Å². The summed E-state index contributed by atoms with van der Waals surface area (Å²) in [4.78, 5) is 19.7. The second-order valence-electron chi connectivity index (χ2n) is 3.66. The molecular weight excluding hydrogens is 236 g/mol. The molecule has 2 aromatic rings. The molecule has 0 saturated heterocycles. The van der Waals surface area contributed by atoms with Crippen molar-refractivity contribution in [2.75, 3.05) is 13.7 Å². The highest BCUT2D eigenvalue weighted by Gasteiger charge is 2.04. The van der Waals surface area contributed by atoms with Gasteiger partial charge in [-0.25, -0.2) is 4.98 Å². The van der Waals surface area contributed by atoms with Crippen LogP contribution in [0.2, 0.25) is 0 Å². The van der Waals surface area contributed by atoms with Crippen LogP contribution in [0.4, 0.5) is 0 Å². The van der Waals surface area contributed by atoms with E-state index in [-0.39, 0.29) is 5.56 Å². The summed E-state index contributed by atoms with van der Waals surface area (Å²) in [5, 5.41) is 1.97. The van der Waals surface area contributed by atoms with Gasteiger partial charge in [-0.2, -0.15) is 0 Å². The molecule has 2 heterocycles. The fraction of sp³-hybridized carbons (Fsp3) is 0.333. The highest BCUT2D eigenvalue weighted by Crippen LogP contribution is 2.19. The van der Waals surface area contributed by atoms with Crippen molar-refractivity contribution in [3.63, 3.8) is 0 Å². The Hall–Kier alpha value is -1.46. The van der Waals surface area contributed by atoms with Crippen molar-refractivity contribution in [3.8, 4) is 10.7 Å². The number of thiophene rings is 1. The summed E-state index contributed by atoms with van der Waals surface area (Å²) in [5.74, 6) is 0.653. The van der Waals surface area contributed by atoms with Crippen molar-refractivity contribution >= 4 is 11.3 Å². The highest BCUT2D eigenvalue weighted by atomic mass is 32.1. The van der Waals surface area contributed by atoms with Crippen molar-refractivity contribution in [3.05, 3.63) is 39.6 Å². The summed E-state index contributed by atoms with van der Waals surface area (Å²) in [6.45, 7) is 0.683. The average molecular weight is 250 g/mol. The number of aromatic nitrogens is 2. The number of nitrogens with zero attached hydrogens (tertiary/aromatic N) is 1. The van der Waals surface area contributed by atoms with Gasteiger partial charge in [0.2, 0.25) is 0 Å². The van der Waals surface area contributed by atoms with Crippen molar-refractivity contribution < 1.29 is 4.74 Å². The van der Waals surface area contributed by atoms with Gasteiger partial charge in [0.05, 0.1) is 4.88 Å². The molecule has 0 aromatic carbocycles. The van der Waals surface area contributed by atoms with Crippen LogP contribution in [0.15, 0.2) is 28.4 Å². The highest BCUT2D eigenvalue weighted by molar-refractivity contribution is 7.13. The number of ether oxygens (including phenoxy) is 1. The minimum atomic E-state index is -0.101. The molecule has 0 bridgehead atoms. The summed E-state index contributed by atoms with van der Waals surface area (Å²) in [5.41, 5.74) is 0.713. The first-order chi connectivity index (χ1) is 8.29. The second-order valence-corrected chi connectivity index (χ2v) is 4.61. The maximum Gasteiger partial charge on any atom is 0.251 e. The molecule has 0 aliphatic rings. The minimum Gasteiger partial charge on any atom is -0.385 e. The summed E-state index contributed by atoms with van der Waals surface area (Å²) in [7, 11) is 1.67. The molecule has 2 aromatic heterocycles. The Balaban J connectivity index is 2.21. The van der Waals surface area contributed by atoms with E-state index in [1.165, 1.54) is 0 Å². The maximum absolute atomic E-state index is 11.5. The first-order valence-corrected chi connectivity index (χ1v) is 6.30. The van der Waals surface area contributed by atoms with E-state index in [4.69, 9.17) is 4.74 Å². The third-order valence-electron chi connectivity index (χ3n) is 2.33. The predicted octanol–water partition coefficient (Wildman–Crippen LogP) is 2.08. The van der Waals surface area contributed by atoms with Gasteiger partial charge in [0.15, 0.2) is 0 Å². The molecule has 0 atom stereocenters. The van der Waals surface area contributed by atoms with Crippen LogP contribution in [0.25, 0.3) is 10.7 Å². The molecule has 0 amide bonds. The summed E-state index contributed by atoms with van der Waals surface area (Å²) in [6, 6.07) is 5.44. The zero-order valence-electron chi connectivity index (χ0n) is 9.60. The smallest absolute Gasteiger partial charge is 0.251 e. The van der Waals surface area contributed by atoms with Crippen LogP contribution < -0.4 is 5.56 Å². The quantitative estimate of drug-likeness (QED) is 0.827. The van der Waals surface area contributed by atoms with Gasteiger partial charge in [0.25, 0.3) is 5.56 Å². The Labute approximate surface area is 103 Å². The van der Waals surface area contributed by atoms with E-state index in [1.54, 1.807) is 24.5 Å². The Kier molecular flexibility index (Phi) is 4.06. The Bertz CT molecular complexity index is 520. The van der Waals surface area contributed by atoms with Crippen LogP contribution in [0, 0.1) is 0 Å². The molecule has 0 unspecified atom stereocenters. The molecule has 5 heteroatoms. The van der Waals surface area contributed by atoms with Crippen molar-refractivity contribution in [1.29, 1.82) is 0 Å². The van der Waals surface area contributed by atoms with Crippen LogP contribution in [0.1, 0.15) is 12.1 Å². The number of aromatic amines is 1. The molecule has 2 rings (SSSR count). The van der Waals surface area contributed by atoms with Crippen LogP contribution in [-0.4, -0.2) is 23.7 Å². The number of rotatable bonds is 5. The summed E-state index contributed by atoms with van der Waals surface area (Å²) < 4.78 is 4.98. The Morgan fingerprint density at radius 3 is 3.12 bits per heavy atom. The fourth-order valence-corrected chi connectivity index (χ4v) is 2.23. The standard InChI is InChI=1S/C12H14N2O2S/c1-16-6-2-4-9-8-11(15)14-12(13-9)10-5-3-7-17-10/h3,5,7-8H,2,4,6H2,1H3,(H,13,14,15). The summed E-state index contributed by atoms with van der Waals surface area (Å²) >= 11 is 1.56. The number of nitrogens with one attached hydrogen (secondary N) is 1. The van der Waals surface area contributed by atoms with Crippen molar-refractivity contribution in [2.24, 2.45) is 0 Å². The molecule has 0 fully saturated rings. The van der Waals surface area contributed by atoms with Gasteiger partial charge in [0, 0.05) is 25.5 Å². The fourth-order valence-electron chi connectivity index (χ4n) is 1.56. The SMILES string of the molecule is COCCCc1cc(=O)[nH]c(-c2cccs2)n1. The van der Waals surface area contributed by atoms with E-state index < -0.39 is 0 Å². The van der Waals surface area contributed by atoms with E-state index in [9.17, 15) is 4.79 Å². The van der Waals surface area contributed by atoms with Crippen LogP contribution in [0.3, 0.4) is 0 Å². The Morgan fingerprint density at radius 1 is 1.53 bits per heavy atom. The molecule has 0 spiro atoms. The zero-order chi connectivity index (χ0) is 12.1. The average Bonchev–Trinajstić information content (AvgIpc) is 2.82. The normalized spacial score (nSPS) is 10.6. The predicted molar refractivity (Wildman–Crippen MR) is 68.4 cm³/mol. The third kappa shape index (κ3) is 3.25. The number of aryl methyl sites for hydroxylation is 1. The lowest BCUT2D eigenvalue weighted by Gasteiger charge is -2.02. The molecule has 0 saturated carbocycles. The molecule has 0 aliphatic heterocycles. The number of hydrogen-bond donors (Lipinski definition) is 1. The van der Waals surface area contributed by atoms with Gasteiger partial charge in [-0.05, 0) is 24.3 Å². The molecule has 1 N–H and O–H groups in total. The van der Waals surface area contributed by atoms with Gasteiger partial charge in [-0.1, -0.05) is 6.07 Å². The molecule has 90 valence electrons. The lowest BCUT2D eigenvalue weighted by Crippen LogP contribution is -2.10. The maximum atomic E-state index is 11.5. The second kappa shape index (κ2) is 5.75. The Morgan fingerprint density at radius 2 is 2.41 bits per heavy atom. The van der Waals surface area contributed by atoms with Gasteiger partial charge in [-0.3, -0.25) is 4.79 Å². The van der Waals surface area contributed by atoms with Crippen molar-refractivity contribution in [1.82, 2.24) is 9.97 Å². The largest absolute Gasteiger partial charge is 0.385 e. The van der Waals surface area contributed by atoms with E-state index >= 15 is 0 Å². The van der Waals surface area contributed by atoms with E-state index in [2.05, 4.69) is 9.97 Å². The lowest BCUT2D eigenvalue weighted by atomic mass is 10.2. The number of hydrogen-bond acceptors (Lipinski definition) is 4. The van der Waals surface area contributed by atoms with E-state index in [1.807, 2.05) is 17.5 Å². The molecule has 0 aliphatic carbocycles. The van der Waals surface area contributed by atoms with Gasteiger partial charge in [0.1, 0.15) is 5.82 Å². The monoisotopic (exact) mass is 250 g/mol. The minimum absolute atomic E-state index is 0.101. The zero-order valence-corrected chi connectivity index (χ0v) is 10.4. The van der Waals surface area contributed by atoms with Gasteiger partial charge < -0.3 is 9.72 Å². The van der Waals surface area contributed by atoms with Crippen LogP contribution >= 0.6 is 11.3 Å².